The Morgan fingerprint density at radius 3 is 2.29 bits per heavy atom. The van der Waals surface area contributed by atoms with Crippen molar-refractivity contribution in [3.8, 4) is 0 Å². The van der Waals surface area contributed by atoms with Gasteiger partial charge in [0.2, 0.25) is 5.91 Å². The van der Waals surface area contributed by atoms with E-state index in [1.165, 1.54) is 17.8 Å². The number of carbonyl (C=O) groups excluding carboxylic acids is 1. The topological polar surface area (TPSA) is 85.8 Å². The summed E-state index contributed by atoms with van der Waals surface area (Å²) in [6, 6.07) is 19.8. The Hall–Kier alpha value is -3.42. The van der Waals surface area contributed by atoms with Gasteiger partial charge >= 0.3 is 5.97 Å². The third kappa shape index (κ3) is 5.38. The van der Waals surface area contributed by atoms with Crippen LogP contribution in [0.25, 0.3) is 0 Å². The molecule has 0 bridgehead atoms. The molecule has 1 aliphatic rings. The summed E-state index contributed by atoms with van der Waals surface area (Å²) in [5.41, 5.74) is 2.82. The summed E-state index contributed by atoms with van der Waals surface area (Å²) < 4.78 is 0. The normalized spacial score (nSPS) is 15.1. The Balaban J connectivity index is 1.55. The highest BCUT2D eigenvalue weighted by molar-refractivity contribution is 6.30. The summed E-state index contributed by atoms with van der Waals surface area (Å²) >= 11 is 6.12. The van der Waals surface area contributed by atoms with Gasteiger partial charge in [0.1, 0.15) is 11.4 Å². The molecule has 1 fully saturated rings. The maximum absolute atomic E-state index is 11.9. The SMILES string of the molecule is CCC(=O)Nc1cnc(N2CCN([C@H](c3ccccc3)c3ccc(Cl)cc3)CC2)c(C(=O)O)c1. The predicted octanol–water partition coefficient (Wildman–Crippen LogP) is 4.69. The molecule has 2 aromatic carbocycles. The number of carbonyl (C=O) groups is 2. The molecular weight excluding hydrogens is 452 g/mol. The summed E-state index contributed by atoms with van der Waals surface area (Å²) in [7, 11) is 0. The average Bonchev–Trinajstić information content (AvgIpc) is 2.86. The highest BCUT2D eigenvalue weighted by Gasteiger charge is 2.28. The molecule has 176 valence electrons. The third-order valence-electron chi connectivity index (χ3n) is 5.98. The second-order valence-electron chi connectivity index (χ2n) is 8.19. The number of piperazine rings is 1. The van der Waals surface area contributed by atoms with E-state index in [0.29, 0.717) is 36.0 Å². The molecule has 0 saturated carbocycles. The number of hydrogen-bond acceptors (Lipinski definition) is 5. The van der Waals surface area contributed by atoms with Crippen molar-refractivity contribution in [1.29, 1.82) is 0 Å². The molecule has 2 N–H and O–H groups in total. The zero-order valence-electron chi connectivity index (χ0n) is 18.9. The van der Waals surface area contributed by atoms with E-state index in [9.17, 15) is 14.7 Å². The van der Waals surface area contributed by atoms with Crippen molar-refractivity contribution in [1.82, 2.24) is 9.88 Å². The quantitative estimate of drug-likeness (QED) is 0.512. The van der Waals surface area contributed by atoms with Gasteiger partial charge in [0.25, 0.3) is 0 Å². The van der Waals surface area contributed by atoms with E-state index in [0.717, 1.165) is 18.7 Å². The minimum atomic E-state index is -1.07. The number of hydrogen-bond donors (Lipinski definition) is 2. The lowest BCUT2D eigenvalue weighted by atomic mass is 9.96. The lowest BCUT2D eigenvalue weighted by Crippen LogP contribution is -2.48. The predicted molar refractivity (Wildman–Crippen MR) is 134 cm³/mol. The summed E-state index contributed by atoms with van der Waals surface area (Å²) in [4.78, 5) is 32.4. The molecular formula is C26H27ClN4O3. The van der Waals surface area contributed by atoms with Crippen LogP contribution in [0.4, 0.5) is 11.5 Å². The fourth-order valence-electron chi connectivity index (χ4n) is 4.27. The fourth-order valence-corrected chi connectivity index (χ4v) is 4.40. The summed E-state index contributed by atoms with van der Waals surface area (Å²) in [6.45, 7) is 4.46. The molecule has 1 aliphatic heterocycles. The molecule has 4 rings (SSSR count). The molecule has 1 atom stereocenters. The first-order chi connectivity index (χ1) is 16.5. The summed E-state index contributed by atoms with van der Waals surface area (Å²) in [5.74, 6) is -0.834. The largest absolute Gasteiger partial charge is 0.478 e. The third-order valence-corrected chi connectivity index (χ3v) is 6.23. The Bertz CT molecular complexity index is 1150. The van der Waals surface area contributed by atoms with Gasteiger partial charge in [-0.25, -0.2) is 9.78 Å². The summed E-state index contributed by atoms with van der Waals surface area (Å²) in [6.07, 6.45) is 1.82. The Morgan fingerprint density at radius 1 is 1.03 bits per heavy atom. The molecule has 1 amide bonds. The minimum absolute atomic E-state index is 0.0687. The van der Waals surface area contributed by atoms with Crippen LogP contribution in [0, 0.1) is 0 Å². The number of nitrogens with one attached hydrogen (secondary N) is 1. The van der Waals surface area contributed by atoms with Crippen molar-refractivity contribution < 1.29 is 14.7 Å². The molecule has 2 heterocycles. The lowest BCUT2D eigenvalue weighted by molar-refractivity contribution is -0.115. The number of nitrogens with zero attached hydrogens (tertiary/aromatic N) is 3. The zero-order valence-corrected chi connectivity index (χ0v) is 19.7. The molecule has 0 radical (unpaired) electrons. The Morgan fingerprint density at radius 2 is 1.68 bits per heavy atom. The number of halogens is 1. The number of amides is 1. The summed E-state index contributed by atoms with van der Waals surface area (Å²) in [5, 5.41) is 13.2. The lowest BCUT2D eigenvalue weighted by Gasteiger charge is -2.40. The van der Waals surface area contributed by atoms with Gasteiger partial charge in [-0.05, 0) is 29.3 Å². The maximum atomic E-state index is 11.9. The number of benzene rings is 2. The molecule has 0 spiro atoms. The van der Waals surface area contributed by atoms with E-state index in [2.05, 4.69) is 39.5 Å². The van der Waals surface area contributed by atoms with Crippen LogP contribution >= 0.6 is 11.6 Å². The Labute approximate surface area is 204 Å². The van der Waals surface area contributed by atoms with Crippen molar-refractivity contribution in [2.45, 2.75) is 19.4 Å². The van der Waals surface area contributed by atoms with Gasteiger partial charge < -0.3 is 15.3 Å². The van der Waals surface area contributed by atoms with Gasteiger partial charge in [-0.15, -0.1) is 0 Å². The number of rotatable bonds is 7. The van der Waals surface area contributed by atoms with E-state index in [4.69, 9.17) is 11.6 Å². The molecule has 0 unspecified atom stereocenters. The first-order valence-electron chi connectivity index (χ1n) is 11.3. The van der Waals surface area contributed by atoms with Crippen molar-refractivity contribution >= 4 is 35.0 Å². The van der Waals surface area contributed by atoms with Crippen LogP contribution in [0.1, 0.15) is 40.9 Å². The number of carboxylic acids is 1. The van der Waals surface area contributed by atoms with E-state index in [-0.39, 0.29) is 17.5 Å². The van der Waals surface area contributed by atoms with E-state index in [1.54, 1.807) is 6.92 Å². The fraction of sp³-hybridized carbons (Fsp3) is 0.269. The van der Waals surface area contributed by atoms with Crippen LogP contribution < -0.4 is 10.2 Å². The van der Waals surface area contributed by atoms with Gasteiger partial charge in [-0.3, -0.25) is 9.69 Å². The van der Waals surface area contributed by atoms with Crippen LogP contribution in [0.3, 0.4) is 0 Å². The van der Waals surface area contributed by atoms with Crippen LogP contribution in [0.5, 0.6) is 0 Å². The second-order valence-corrected chi connectivity index (χ2v) is 8.63. The first kappa shape index (κ1) is 23.7. The van der Waals surface area contributed by atoms with E-state index < -0.39 is 5.97 Å². The second kappa shape index (κ2) is 10.7. The van der Waals surface area contributed by atoms with Crippen molar-refractivity contribution in [2.24, 2.45) is 0 Å². The van der Waals surface area contributed by atoms with Crippen molar-refractivity contribution in [2.75, 3.05) is 36.4 Å². The van der Waals surface area contributed by atoms with E-state index in [1.807, 2.05) is 35.2 Å². The number of pyridine rings is 1. The van der Waals surface area contributed by atoms with Gasteiger partial charge in [-0.2, -0.15) is 0 Å². The van der Waals surface area contributed by atoms with Gasteiger partial charge in [-0.1, -0.05) is 61.0 Å². The highest BCUT2D eigenvalue weighted by atomic mass is 35.5. The molecule has 1 aromatic heterocycles. The molecule has 8 heteroatoms. The number of aromatic nitrogens is 1. The molecule has 34 heavy (non-hydrogen) atoms. The van der Waals surface area contributed by atoms with Crippen LogP contribution in [0.15, 0.2) is 66.9 Å². The van der Waals surface area contributed by atoms with Gasteiger partial charge in [0.15, 0.2) is 0 Å². The highest BCUT2D eigenvalue weighted by Crippen LogP contribution is 2.31. The molecule has 1 saturated heterocycles. The molecule has 0 aliphatic carbocycles. The van der Waals surface area contributed by atoms with Gasteiger partial charge in [0.05, 0.1) is 17.9 Å². The number of carboxylic acid groups (broad SMARTS) is 1. The Kier molecular flexibility index (Phi) is 7.45. The minimum Gasteiger partial charge on any atom is -0.478 e. The van der Waals surface area contributed by atoms with Crippen LogP contribution in [-0.4, -0.2) is 53.0 Å². The van der Waals surface area contributed by atoms with E-state index >= 15 is 0 Å². The standard InChI is InChI=1S/C26H27ClN4O3/c1-2-23(32)29-21-16-22(26(33)34)25(28-17-21)31-14-12-30(13-15-31)24(18-6-4-3-5-7-18)19-8-10-20(27)11-9-19/h3-11,16-17,24H,2,12-15H2,1H3,(H,29,32)(H,33,34)/t24-/m1/s1. The van der Waals surface area contributed by atoms with Gasteiger partial charge in [0, 0.05) is 37.6 Å². The van der Waals surface area contributed by atoms with Crippen LogP contribution in [-0.2, 0) is 4.79 Å². The number of anilines is 2. The average molecular weight is 479 g/mol. The maximum Gasteiger partial charge on any atom is 0.339 e. The molecule has 7 nitrogen and oxygen atoms in total. The first-order valence-corrected chi connectivity index (χ1v) is 11.7. The van der Waals surface area contributed by atoms with Crippen molar-refractivity contribution in [3.05, 3.63) is 88.6 Å². The van der Waals surface area contributed by atoms with Crippen LogP contribution in [0.2, 0.25) is 5.02 Å². The monoisotopic (exact) mass is 478 g/mol. The number of aromatic carboxylic acids is 1. The zero-order chi connectivity index (χ0) is 24.1. The van der Waals surface area contributed by atoms with Crippen molar-refractivity contribution in [3.63, 3.8) is 0 Å². The molecule has 3 aromatic rings. The smallest absolute Gasteiger partial charge is 0.339 e.